The minimum atomic E-state index is 0.0508. The van der Waals surface area contributed by atoms with Crippen molar-refractivity contribution in [1.29, 1.82) is 0 Å². The van der Waals surface area contributed by atoms with Gasteiger partial charge < -0.3 is 24.4 Å². The van der Waals surface area contributed by atoms with Crippen LogP contribution in [0.3, 0.4) is 0 Å². The molecule has 1 N–H and O–H groups in total. The molecular formula is C27H32N4O3S. The number of benzene rings is 2. The van der Waals surface area contributed by atoms with Crippen molar-refractivity contribution in [3.63, 3.8) is 0 Å². The molecule has 1 unspecified atom stereocenters. The first-order valence-electron chi connectivity index (χ1n) is 11.4. The highest BCUT2D eigenvalue weighted by Crippen LogP contribution is 2.38. The Morgan fingerprint density at radius 2 is 1.69 bits per heavy atom. The number of aromatic nitrogens is 2. The summed E-state index contributed by atoms with van der Waals surface area (Å²) in [5, 5.41) is 4.48. The van der Waals surface area contributed by atoms with Crippen LogP contribution in [0.15, 0.2) is 42.5 Å². The first kappa shape index (κ1) is 24.8. The van der Waals surface area contributed by atoms with Gasteiger partial charge in [-0.2, -0.15) is 0 Å². The summed E-state index contributed by atoms with van der Waals surface area (Å²) in [6.45, 7) is 4.88. The van der Waals surface area contributed by atoms with Crippen LogP contribution in [0.4, 0.5) is 5.82 Å². The van der Waals surface area contributed by atoms with Crippen molar-refractivity contribution in [1.82, 2.24) is 14.9 Å². The number of fused-ring (bicyclic) bond motifs is 1. The molecule has 2 aromatic carbocycles. The number of hydrogen-bond acceptors (Lipinski definition) is 8. The van der Waals surface area contributed by atoms with E-state index in [1.54, 1.807) is 32.7 Å². The third-order valence-electron chi connectivity index (χ3n) is 5.78. The fraction of sp³-hybridized carbons (Fsp3) is 0.333. The van der Waals surface area contributed by atoms with Gasteiger partial charge in [0.2, 0.25) is 0 Å². The van der Waals surface area contributed by atoms with Crippen LogP contribution in [-0.4, -0.2) is 50.3 Å². The van der Waals surface area contributed by atoms with Gasteiger partial charge >= 0.3 is 0 Å². The summed E-state index contributed by atoms with van der Waals surface area (Å²) in [4.78, 5) is 13.9. The summed E-state index contributed by atoms with van der Waals surface area (Å²) in [6.07, 6.45) is 0. The van der Waals surface area contributed by atoms with E-state index in [1.807, 2.05) is 25.1 Å². The normalized spacial score (nSPS) is 12.1. The molecule has 0 spiro atoms. The lowest BCUT2D eigenvalue weighted by molar-refractivity contribution is 0.356. The van der Waals surface area contributed by atoms with Crippen molar-refractivity contribution < 1.29 is 14.2 Å². The SMILES string of the molecule is COc1ccc(-c2ccc(C(C)Nc3nc(C)nc4cc(OC)c(OC)cc34)s2)c(CN(C)C)c1. The molecule has 0 radical (unpaired) electrons. The van der Waals surface area contributed by atoms with E-state index in [0.29, 0.717) is 17.3 Å². The van der Waals surface area contributed by atoms with E-state index in [2.05, 4.69) is 60.5 Å². The molecule has 0 fully saturated rings. The second-order valence-corrected chi connectivity index (χ2v) is 9.79. The Morgan fingerprint density at radius 3 is 2.37 bits per heavy atom. The molecule has 0 bridgehead atoms. The molecule has 4 rings (SSSR count). The van der Waals surface area contributed by atoms with E-state index in [1.165, 1.54) is 20.9 Å². The minimum absolute atomic E-state index is 0.0508. The van der Waals surface area contributed by atoms with Gasteiger partial charge in [0.15, 0.2) is 11.5 Å². The molecule has 0 aliphatic rings. The van der Waals surface area contributed by atoms with E-state index in [0.717, 1.165) is 29.0 Å². The van der Waals surface area contributed by atoms with Crippen LogP contribution in [0, 0.1) is 6.92 Å². The molecule has 2 heterocycles. The molecule has 2 aromatic heterocycles. The lowest BCUT2D eigenvalue weighted by atomic mass is 10.0. The molecule has 0 saturated carbocycles. The monoisotopic (exact) mass is 492 g/mol. The Bertz CT molecular complexity index is 1340. The molecule has 35 heavy (non-hydrogen) atoms. The lowest BCUT2D eigenvalue weighted by Gasteiger charge is -2.17. The van der Waals surface area contributed by atoms with Gasteiger partial charge in [-0.3, -0.25) is 0 Å². The Labute approximate surface area is 210 Å². The van der Waals surface area contributed by atoms with Crippen LogP contribution in [-0.2, 0) is 6.54 Å². The van der Waals surface area contributed by atoms with Gasteiger partial charge in [0.05, 0.1) is 32.9 Å². The Morgan fingerprint density at radius 1 is 0.943 bits per heavy atom. The van der Waals surface area contributed by atoms with Crippen molar-refractivity contribution in [3.8, 4) is 27.7 Å². The van der Waals surface area contributed by atoms with E-state index in [9.17, 15) is 0 Å². The van der Waals surface area contributed by atoms with Crippen LogP contribution in [0.25, 0.3) is 21.3 Å². The maximum Gasteiger partial charge on any atom is 0.162 e. The van der Waals surface area contributed by atoms with Crippen LogP contribution >= 0.6 is 11.3 Å². The number of nitrogens with zero attached hydrogens (tertiary/aromatic N) is 3. The highest BCUT2D eigenvalue weighted by atomic mass is 32.1. The van der Waals surface area contributed by atoms with Crippen LogP contribution < -0.4 is 19.5 Å². The highest BCUT2D eigenvalue weighted by molar-refractivity contribution is 7.15. The van der Waals surface area contributed by atoms with Gasteiger partial charge in [0.1, 0.15) is 17.4 Å². The third-order valence-corrected chi connectivity index (χ3v) is 7.09. The molecule has 7 nitrogen and oxygen atoms in total. The van der Waals surface area contributed by atoms with Crippen molar-refractivity contribution in [2.24, 2.45) is 0 Å². The smallest absolute Gasteiger partial charge is 0.162 e. The predicted octanol–water partition coefficient (Wildman–Crippen LogP) is 5.93. The average molecular weight is 493 g/mol. The van der Waals surface area contributed by atoms with Crippen molar-refractivity contribution in [2.75, 3.05) is 40.7 Å². The Hall–Kier alpha value is -3.36. The second kappa shape index (κ2) is 10.5. The van der Waals surface area contributed by atoms with Gasteiger partial charge in [0.25, 0.3) is 0 Å². The van der Waals surface area contributed by atoms with Crippen molar-refractivity contribution in [3.05, 3.63) is 58.7 Å². The molecule has 0 saturated heterocycles. The minimum Gasteiger partial charge on any atom is -0.497 e. The van der Waals surface area contributed by atoms with Crippen molar-refractivity contribution in [2.45, 2.75) is 26.4 Å². The van der Waals surface area contributed by atoms with E-state index in [-0.39, 0.29) is 6.04 Å². The fourth-order valence-corrected chi connectivity index (χ4v) is 5.17. The molecule has 0 aliphatic heterocycles. The number of nitrogens with one attached hydrogen (secondary N) is 1. The zero-order valence-electron chi connectivity index (χ0n) is 21.3. The van der Waals surface area contributed by atoms with Crippen LogP contribution in [0.5, 0.6) is 17.2 Å². The summed E-state index contributed by atoms with van der Waals surface area (Å²) in [5.74, 6) is 3.63. The second-order valence-electron chi connectivity index (χ2n) is 8.67. The molecule has 0 amide bonds. The molecule has 0 aliphatic carbocycles. The van der Waals surface area contributed by atoms with Crippen molar-refractivity contribution >= 4 is 28.1 Å². The number of hydrogen-bond donors (Lipinski definition) is 1. The number of thiophene rings is 1. The number of aryl methyl sites for hydroxylation is 1. The Balaban J connectivity index is 1.66. The van der Waals surface area contributed by atoms with Gasteiger partial charge in [-0.15, -0.1) is 11.3 Å². The zero-order chi connectivity index (χ0) is 25.1. The largest absolute Gasteiger partial charge is 0.497 e. The predicted molar refractivity (Wildman–Crippen MR) is 143 cm³/mol. The molecule has 8 heteroatoms. The maximum absolute atomic E-state index is 5.51. The molecular weight excluding hydrogens is 460 g/mol. The first-order valence-corrected chi connectivity index (χ1v) is 12.2. The van der Waals surface area contributed by atoms with Gasteiger partial charge in [-0.1, -0.05) is 0 Å². The quantitative estimate of drug-likeness (QED) is 0.311. The van der Waals surface area contributed by atoms with Crippen LogP contribution in [0.2, 0.25) is 0 Å². The molecule has 1 atom stereocenters. The van der Waals surface area contributed by atoms with Gasteiger partial charge in [-0.05, 0) is 75.5 Å². The van der Waals surface area contributed by atoms with E-state index in [4.69, 9.17) is 19.2 Å². The van der Waals surface area contributed by atoms with Gasteiger partial charge in [-0.25, -0.2) is 9.97 Å². The summed E-state index contributed by atoms with van der Waals surface area (Å²) in [5.41, 5.74) is 3.27. The topological polar surface area (TPSA) is 68.7 Å². The summed E-state index contributed by atoms with van der Waals surface area (Å²) >= 11 is 1.78. The number of methoxy groups -OCH3 is 3. The van der Waals surface area contributed by atoms with E-state index >= 15 is 0 Å². The molecule has 4 aromatic rings. The van der Waals surface area contributed by atoms with Gasteiger partial charge in [0, 0.05) is 27.8 Å². The number of rotatable bonds is 9. The highest BCUT2D eigenvalue weighted by Gasteiger charge is 2.17. The summed E-state index contributed by atoms with van der Waals surface area (Å²) in [7, 11) is 9.11. The molecule has 184 valence electrons. The first-order chi connectivity index (χ1) is 16.8. The van der Waals surface area contributed by atoms with Crippen LogP contribution in [0.1, 0.15) is 29.2 Å². The zero-order valence-corrected chi connectivity index (χ0v) is 22.1. The third kappa shape index (κ3) is 5.33. The van der Waals surface area contributed by atoms with E-state index < -0.39 is 0 Å². The fourth-order valence-electron chi connectivity index (χ4n) is 4.10. The summed E-state index contributed by atoms with van der Waals surface area (Å²) in [6, 6.07) is 14.5. The average Bonchev–Trinajstić information content (AvgIpc) is 3.33. The lowest BCUT2D eigenvalue weighted by Crippen LogP contribution is -2.11. The standard InChI is InChI=1S/C27H32N4O3S/c1-16(28-27-21-13-23(33-6)24(34-7)14-22(21)29-17(2)30-27)25-10-11-26(35-25)20-9-8-19(32-5)12-18(20)15-31(3)4/h8-14,16H,15H2,1-7H3,(H,28,29,30). The number of anilines is 1. The maximum atomic E-state index is 5.51. The Kier molecular flexibility index (Phi) is 7.42. The summed E-state index contributed by atoms with van der Waals surface area (Å²) < 4.78 is 16.4. The number of ether oxygens (including phenoxy) is 3.